The summed E-state index contributed by atoms with van der Waals surface area (Å²) >= 11 is 0. The number of alkyl halides is 3. The molecule has 1 N–H and O–H groups in total. The number of hydrogen-bond donors (Lipinski definition) is 1. The molecule has 5 rings (SSSR count). The molecule has 2 saturated heterocycles. The molecule has 2 aromatic heterocycles. The Morgan fingerprint density at radius 3 is 2.46 bits per heavy atom. The normalized spacial score (nSPS) is 17.5. The maximum absolute atomic E-state index is 13.9. The smallest absolute Gasteiger partial charge is 0.373 e. The van der Waals surface area contributed by atoms with Gasteiger partial charge in [-0.15, -0.1) is 0 Å². The fraction of sp³-hybridized carbons (Fsp3) is 0.500. The Labute approximate surface area is 213 Å². The number of benzene rings is 1. The van der Waals surface area contributed by atoms with Crippen molar-refractivity contribution in [3.05, 3.63) is 54.0 Å². The van der Waals surface area contributed by atoms with Gasteiger partial charge >= 0.3 is 6.18 Å². The van der Waals surface area contributed by atoms with Crippen LogP contribution in [0.25, 0.3) is 11.3 Å². The first kappa shape index (κ1) is 25.4. The first-order valence-corrected chi connectivity index (χ1v) is 12.7. The molecule has 3 aromatic rings. The zero-order valence-corrected chi connectivity index (χ0v) is 20.8. The molecule has 1 aromatic carbocycles. The van der Waals surface area contributed by atoms with Gasteiger partial charge in [-0.1, -0.05) is 0 Å². The van der Waals surface area contributed by atoms with E-state index in [1.807, 2.05) is 19.3 Å². The summed E-state index contributed by atoms with van der Waals surface area (Å²) in [7, 11) is 1.82. The second-order valence-electron chi connectivity index (χ2n) is 9.69. The van der Waals surface area contributed by atoms with Crippen molar-refractivity contribution < 1.29 is 17.6 Å². The Morgan fingerprint density at radius 2 is 1.76 bits per heavy atom. The van der Waals surface area contributed by atoms with Gasteiger partial charge in [0.15, 0.2) is 0 Å². The number of anilines is 2. The number of hydrogen-bond acceptors (Lipinski definition) is 6. The van der Waals surface area contributed by atoms with Crippen molar-refractivity contribution in [2.45, 2.75) is 44.3 Å². The fourth-order valence-electron chi connectivity index (χ4n) is 5.25. The zero-order valence-electron chi connectivity index (χ0n) is 20.8. The van der Waals surface area contributed by atoms with Gasteiger partial charge in [-0.05, 0) is 57.0 Å². The summed E-state index contributed by atoms with van der Waals surface area (Å²) in [6, 6.07) is 5.03. The first-order valence-electron chi connectivity index (χ1n) is 12.7. The number of nitrogens with one attached hydrogen (secondary N) is 1. The quantitative estimate of drug-likeness (QED) is 0.444. The molecule has 198 valence electrons. The lowest BCUT2D eigenvalue weighted by Crippen LogP contribution is -2.34. The second-order valence-corrected chi connectivity index (χ2v) is 9.69. The summed E-state index contributed by atoms with van der Waals surface area (Å²) in [5.74, 6) is 1.39. The highest BCUT2D eigenvalue weighted by Gasteiger charge is 2.34. The van der Waals surface area contributed by atoms with Gasteiger partial charge in [-0.25, -0.2) is 19.3 Å². The minimum Gasteiger partial charge on any atom is -0.373 e. The van der Waals surface area contributed by atoms with Gasteiger partial charge < -0.3 is 19.7 Å². The largest absolute Gasteiger partial charge is 0.419 e. The minimum absolute atomic E-state index is 0.164. The zero-order chi connectivity index (χ0) is 26.0. The highest BCUT2D eigenvalue weighted by Crippen LogP contribution is 2.36. The Balaban J connectivity index is 1.39. The number of rotatable bonds is 7. The Morgan fingerprint density at radius 1 is 1.00 bits per heavy atom. The summed E-state index contributed by atoms with van der Waals surface area (Å²) in [4.78, 5) is 18.0. The van der Waals surface area contributed by atoms with E-state index in [1.165, 1.54) is 18.9 Å². The number of piperidine rings is 1. The van der Waals surface area contributed by atoms with E-state index in [1.54, 1.807) is 6.33 Å². The van der Waals surface area contributed by atoms with Crippen LogP contribution in [0.5, 0.6) is 0 Å². The third-order valence-corrected chi connectivity index (χ3v) is 7.32. The molecule has 2 fully saturated rings. The van der Waals surface area contributed by atoms with E-state index in [2.05, 4.69) is 29.7 Å². The van der Waals surface area contributed by atoms with Crippen LogP contribution >= 0.6 is 0 Å². The molecule has 37 heavy (non-hydrogen) atoms. The van der Waals surface area contributed by atoms with Gasteiger partial charge in [0.05, 0.1) is 11.3 Å². The second kappa shape index (κ2) is 10.6. The highest BCUT2D eigenvalue weighted by molar-refractivity contribution is 5.60. The lowest BCUT2D eigenvalue weighted by atomic mass is 9.96. The van der Waals surface area contributed by atoms with Gasteiger partial charge in [-0.2, -0.15) is 13.2 Å². The Hall–Kier alpha value is -3.21. The Kier molecular flexibility index (Phi) is 7.32. The molecular formula is C26H31F4N7. The van der Waals surface area contributed by atoms with Crippen molar-refractivity contribution in [1.29, 1.82) is 0 Å². The average molecular weight is 518 g/mol. The predicted molar refractivity (Wildman–Crippen MR) is 134 cm³/mol. The van der Waals surface area contributed by atoms with Gasteiger partial charge in [-0.3, -0.25) is 0 Å². The van der Waals surface area contributed by atoms with Crippen LogP contribution in [0.4, 0.5) is 29.2 Å². The monoisotopic (exact) mass is 517 g/mol. The predicted octanol–water partition coefficient (Wildman–Crippen LogP) is 5.02. The Bertz CT molecular complexity index is 1210. The lowest BCUT2D eigenvalue weighted by molar-refractivity contribution is -0.139. The van der Waals surface area contributed by atoms with Crippen LogP contribution in [0.1, 0.15) is 43.0 Å². The molecule has 11 heteroatoms. The number of likely N-dealkylation sites (tertiary alicyclic amines) is 1. The van der Waals surface area contributed by atoms with Crippen LogP contribution in [-0.2, 0) is 12.7 Å². The molecule has 0 bridgehead atoms. The van der Waals surface area contributed by atoms with E-state index < -0.39 is 17.6 Å². The van der Waals surface area contributed by atoms with Gasteiger partial charge in [0.25, 0.3) is 0 Å². The lowest BCUT2D eigenvalue weighted by Gasteiger charge is -2.32. The minimum atomic E-state index is -4.76. The maximum Gasteiger partial charge on any atom is 0.419 e. The van der Waals surface area contributed by atoms with Gasteiger partial charge in [0.1, 0.15) is 29.6 Å². The molecule has 0 aliphatic carbocycles. The molecule has 0 amide bonds. The van der Waals surface area contributed by atoms with E-state index in [-0.39, 0.29) is 11.5 Å². The van der Waals surface area contributed by atoms with Crippen molar-refractivity contribution in [1.82, 2.24) is 24.4 Å². The summed E-state index contributed by atoms with van der Waals surface area (Å²) in [6.07, 6.45) is 2.68. The van der Waals surface area contributed by atoms with Crippen molar-refractivity contribution >= 4 is 11.6 Å². The van der Waals surface area contributed by atoms with Gasteiger partial charge in [0.2, 0.25) is 0 Å². The topological polar surface area (TPSA) is 62.1 Å². The number of nitrogens with zero attached hydrogens (tertiary/aromatic N) is 6. The molecule has 0 saturated carbocycles. The van der Waals surface area contributed by atoms with Crippen LogP contribution in [0, 0.1) is 5.82 Å². The third-order valence-electron chi connectivity index (χ3n) is 7.32. The SMILES string of the molecule is CNc1cc(N2CCC(c3nc(-c4ccc(F)c(C(F)(F)F)c4)cn3CCN3CCCC3)CC2)ncn1. The van der Waals surface area contributed by atoms with Crippen LogP contribution in [0.2, 0.25) is 0 Å². The molecular weight excluding hydrogens is 486 g/mol. The van der Waals surface area contributed by atoms with E-state index in [0.29, 0.717) is 12.2 Å². The maximum atomic E-state index is 13.9. The number of halogens is 4. The van der Waals surface area contributed by atoms with Crippen LogP contribution < -0.4 is 10.2 Å². The molecule has 2 aliphatic rings. The third kappa shape index (κ3) is 5.71. The summed E-state index contributed by atoms with van der Waals surface area (Å²) in [5, 5.41) is 3.03. The first-order chi connectivity index (χ1) is 17.8. The molecule has 0 atom stereocenters. The van der Waals surface area contributed by atoms with E-state index >= 15 is 0 Å². The molecule has 4 heterocycles. The van der Waals surface area contributed by atoms with E-state index in [0.717, 1.165) is 75.2 Å². The van der Waals surface area contributed by atoms with E-state index in [4.69, 9.17) is 4.98 Å². The molecule has 2 aliphatic heterocycles. The molecule has 0 radical (unpaired) electrons. The highest BCUT2D eigenvalue weighted by atomic mass is 19.4. The van der Waals surface area contributed by atoms with Crippen molar-refractivity contribution in [2.75, 3.05) is 50.0 Å². The summed E-state index contributed by atoms with van der Waals surface area (Å²) in [5.41, 5.74) is -0.552. The summed E-state index contributed by atoms with van der Waals surface area (Å²) < 4.78 is 56.0. The van der Waals surface area contributed by atoms with Crippen molar-refractivity contribution in [3.8, 4) is 11.3 Å². The molecule has 7 nitrogen and oxygen atoms in total. The standard InChI is InChI=1S/C26H31F4N7/c1-31-23-15-24(33-17-32-23)36-10-6-18(7-11-36)25-34-22(16-37(25)13-12-35-8-2-3-9-35)19-4-5-21(27)20(14-19)26(28,29)30/h4-5,14-18H,2-3,6-13H2,1H3,(H,31,32,33). The van der Waals surface area contributed by atoms with Crippen LogP contribution in [0.3, 0.4) is 0 Å². The van der Waals surface area contributed by atoms with E-state index in [9.17, 15) is 17.6 Å². The number of imidazole rings is 1. The average Bonchev–Trinajstić information content (AvgIpc) is 3.57. The fourth-order valence-corrected chi connectivity index (χ4v) is 5.25. The number of aromatic nitrogens is 4. The molecule has 0 spiro atoms. The van der Waals surface area contributed by atoms with Crippen LogP contribution in [-0.4, -0.2) is 64.2 Å². The van der Waals surface area contributed by atoms with Crippen molar-refractivity contribution in [3.63, 3.8) is 0 Å². The van der Waals surface area contributed by atoms with Crippen molar-refractivity contribution in [2.24, 2.45) is 0 Å². The van der Waals surface area contributed by atoms with Crippen LogP contribution in [0.15, 0.2) is 36.8 Å². The summed E-state index contributed by atoms with van der Waals surface area (Å²) in [6.45, 7) is 5.28. The van der Waals surface area contributed by atoms with Gasteiger partial charge in [0, 0.05) is 57.0 Å². The molecule has 0 unspecified atom stereocenters.